The molecule has 0 saturated heterocycles. The molecule has 0 aromatic rings. The predicted molar refractivity (Wildman–Crippen MR) is 124 cm³/mol. The molecule has 3 unspecified atom stereocenters. The van der Waals surface area contributed by atoms with Crippen molar-refractivity contribution >= 4 is 11.9 Å². The predicted octanol–water partition coefficient (Wildman–Crippen LogP) is 7.54. The molecule has 0 aromatic carbocycles. The number of hydrogen-bond donors (Lipinski definition) is 1. The second kappa shape index (κ2) is 17.6. The highest BCUT2D eigenvalue weighted by Gasteiger charge is 2.36. The van der Waals surface area contributed by atoms with E-state index in [1.807, 2.05) is 0 Å². The molecule has 1 fully saturated rings. The van der Waals surface area contributed by atoms with Gasteiger partial charge < -0.3 is 9.84 Å². The van der Waals surface area contributed by atoms with Gasteiger partial charge in [-0.05, 0) is 25.2 Å². The lowest BCUT2D eigenvalue weighted by Gasteiger charge is -2.26. The zero-order valence-corrected chi connectivity index (χ0v) is 19.8. The van der Waals surface area contributed by atoms with Crippen molar-refractivity contribution in [1.82, 2.24) is 0 Å². The lowest BCUT2D eigenvalue weighted by Crippen LogP contribution is -2.33. The molecule has 3 atom stereocenters. The average Bonchev–Trinajstić information content (AvgIpc) is 2.74. The Balaban J connectivity index is 2.00. The molecule has 1 aliphatic carbocycles. The molecule has 0 spiro atoms. The van der Waals surface area contributed by atoms with Crippen molar-refractivity contribution in [1.29, 1.82) is 0 Å². The Morgan fingerprint density at radius 3 is 1.93 bits per heavy atom. The van der Waals surface area contributed by atoms with Gasteiger partial charge in [0.15, 0.2) is 0 Å². The van der Waals surface area contributed by atoms with Crippen LogP contribution in [0.5, 0.6) is 0 Å². The van der Waals surface area contributed by atoms with E-state index in [9.17, 15) is 14.7 Å². The summed E-state index contributed by atoms with van der Waals surface area (Å²) in [5, 5.41) is 9.29. The number of ether oxygens (including phenoxy) is 1. The van der Waals surface area contributed by atoms with Gasteiger partial charge in [-0.2, -0.15) is 0 Å². The van der Waals surface area contributed by atoms with Crippen LogP contribution in [0.2, 0.25) is 0 Å². The Morgan fingerprint density at radius 1 is 0.767 bits per heavy atom. The lowest BCUT2D eigenvalue weighted by atomic mass is 9.79. The van der Waals surface area contributed by atoms with Crippen molar-refractivity contribution < 1.29 is 19.4 Å². The number of aliphatic carboxylic acids is 1. The van der Waals surface area contributed by atoms with Crippen LogP contribution in [0.1, 0.15) is 129 Å². The van der Waals surface area contributed by atoms with E-state index in [2.05, 4.69) is 13.8 Å². The molecular formula is C26H48O4. The smallest absolute Gasteiger partial charge is 0.309 e. The van der Waals surface area contributed by atoms with E-state index in [0.717, 1.165) is 31.6 Å². The number of hydrogen-bond acceptors (Lipinski definition) is 3. The van der Waals surface area contributed by atoms with E-state index in [0.29, 0.717) is 19.4 Å². The van der Waals surface area contributed by atoms with Crippen LogP contribution in [0.4, 0.5) is 0 Å². The number of carbonyl (C=O) groups excluding carboxylic acids is 1. The molecule has 30 heavy (non-hydrogen) atoms. The van der Waals surface area contributed by atoms with E-state index < -0.39 is 17.8 Å². The molecule has 0 heterocycles. The Kier molecular flexibility index (Phi) is 15.8. The molecule has 4 heteroatoms. The highest BCUT2D eigenvalue weighted by molar-refractivity contribution is 5.81. The molecule has 0 aliphatic heterocycles. The maximum Gasteiger partial charge on any atom is 0.309 e. The fourth-order valence-corrected chi connectivity index (χ4v) is 4.93. The van der Waals surface area contributed by atoms with Crippen molar-refractivity contribution in [2.24, 2.45) is 17.8 Å². The zero-order chi connectivity index (χ0) is 22.0. The van der Waals surface area contributed by atoms with Gasteiger partial charge in [-0.3, -0.25) is 9.59 Å². The molecule has 0 aromatic heterocycles. The summed E-state index contributed by atoms with van der Waals surface area (Å²) in [5.41, 5.74) is 0. The van der Waals surface area contributed by atoms with Gasteiger partial charge in [0, 0.05) is 0 Å². The molecule has 1 saturated carbocycles. The molecule has 0 bridgehead atoms. The quantitative estimate of drug-likeness (QED) is 0.182. The SMILES string of the molecule is CCCCCC(CCC)CCCCCCCCCOC(=O)C1CCCCC1C(=O)O. The topological polar surface area (TPSA) is 63.6 Å². The Labute approximate surface area is 185 Å². The van der Waals surface area contributed by atoms with Gasteiger partial charge in [-0.1, -0.05) is 110 Å². The van der Waals surface area contributed by atoms with Gasteiger partial charge in [-0.15, -0.1) is 0 Å². The number of rotatable bonds is 18. The van der Waals surface area contributed by atoms with Gasteiger partial charge in [0.05, 0.1) is 18.4 Å². The Morgan fingerprint density at radius 2 is 1.33 bits per heavy atom. The van der Waals surface area contributed by atoms with Gasteiger partial charge in [0.25, 0.3) is 0 Å². The number of unbranched alkanes of at least 4 members (excludes halogenated alkanes) is 8. The van der Waals surface area contributed by atoms with Crippen LogP contribution in [0.15, 0.2) is 0 Å². The van der Waals surface area contributed by atoms with Crippen LogP contribution in [0.3, 0.4) is 0 Å². The lowest BCUT2D eigenvalue weighted by molar-refractivity contribution is -0.159. The molecule has 0 amide bonds. The van der Waals surface area contributed by atoms with E-state index >= 15 is 0 Å². The molecule has 0 radical (unpaired) electrons. The second-order valence-corrected chi connectivity index (χ2v) is 9.42. The van der Waals surface area contributed by atoms with E-state index in [1.54, 1.807) is 0 Å². The summed E-state index contributed by atoms with van der Waals surface area (Å²) in [6.07, 6.45) is 21.3. The average molecular weight is 425 g/mol. The van der Waals surface area contributed by atoms with Crippen LogP contribution in [0, 0.1) is 17.8 Å². The summed E-state index contributed by atoms with van der Waals surface area (Å²) < 4.78 is 5.39. The van der Waals surface area contributed by atoms with Crippen molar-refractivity contribution in [3.8, 4) is 0 Å². The van der Waals surface area contributed by atoms with Crippen LogP contribution in [-0.2, 0) is 14.3 Å². The normalized spacial score (nSPS) is 20.1. The van der Waals surface area contributed by atoms with Gasteiger partial charge >= 0.3 is 11.9 Å². The molecule has 176 valence electrons. The minimum absolute atomic E-state index is 0.289. The maximum absolute atomic E-state index is 12.2. The molecule has 1 rings (SSSR count). The third-order valence-corrected chi connectivity index (χ3v) is 6.80. The summed E-state index contributed by atoms with van der Waals surface area (Å²) in [6.45, 7) is 5.03. The monoisotopic (exact) mass is 424 g/mol. The Bertz CT molecular complexity index is 448. The van der Waals surface area contributed by atoms with Crippen molar-refractivity contribution in [3.05, 3.63) is 0 Å². The number of esters is 1. The Hall–Kier alpha value is -1.06. The van der Waals surface area contributed by atoms with Gasteiger partial charge in [-0.25, -0.2) is 0 Å². The first-order chi connectivity index (χ1) is 14.6. The molecular weight excluding hydrogens is 376 g/mol. The van der Waals surface area contributed by atoms with Gasteiger partial charge in [0.1, 0.15) is 0 Å². The van der Waals surface area contributed by atoms with Crippen molar-refractivity contribution in [2.45, 2.75) is 129 Å². The van der Waals surface area contributed by atoms with Crippen molar-refractivity contribution in [3.63, 3.8) is 0 Å². The molecule has 1 N–H and O–H groups in total. The minimum atomic E-state index is -0.848. The summed E-state index contributed by atoms with van der Waals surface area (Å²) in [5.74, 6) is -1.17. The highest BCUT2D eigenvalue weighted by atomic mass is 16.5. The van der Waals surface area contributed by atoms with Crippen LogP contribution in [-0.4, -0.2) is 23.7 Å². The first kappa shape index (κ1) is 27.0. The summed E-state index contributed by atoms with van der Waals surface area (Å²) in [7, 11) is 0. The van der Waals surface area contributed by atoms with Crippen LogP contribution >= 0.6 is 0 Å². The third kappa shape index (κ3) is 12.0. The number of carboxylic acids is 1. The number of carbonyl (C=O) groups is 2. The fraction of sp³-hybridized carbons (Fsp3) is 0.923. The standard InChI is InChI=1S/C26H48O4/c1-3-5-11-17-22(16-4-2)18-12-9-7-6-8-10-15-21-30-26(29)24-20-14-13-19-23(24)25(27)28/h22-24H,3-21H2,1-2H3,(H,27,28). The molecule has 1 aliphatic rings. The second-order valence-electron chi connectivity index (χ2n) is 9.42. The van der Waals surface area contributed by atoms with E-state index in [1.165, 1.54) is 77.0 Å². The van der Waals surface area contributed by atoms with Crippen LogP contribution in [0.25, 0.3) is 0 Å². The first-order valence-corrected chi connectivity index (χ1v) is 13.0. The van der Waals surface area contributed by atoms with Gasteiger partial charge in [0.2, 0.25) is 0 Å². The highest BCUT2D eigenvalue weighted by Crippen LogP contribution is 2.31. The minimum Gasteiger partial charge on any atom is -0.481 e. The van der Waals surface area contributed by atoms with E-state index in [-0.39, 0.29) is 5.97 Å². The third-order valence-electron chi connectivity index (χ3n) is 6.80. The maximum atomic E-state index is 12.2. The molecule has 4 nitrogen and oxygen atoms in total. The van der Waals surface area contributed by atoms with E-state index in [4.69, 9.17) is 4.74 Å². The summed E-state index contributed by atoms with van der Waals surface area (Å²) >= 11 is 0. The zero-order valence-electron chi connectivity index (χ0n) is 19.8. The van der Waals surface area contributed by atoms with Crippen molar-refractivity contribution in [2.75, 3.05) is 6.61 Å². The first-order valence-electron chi connectivity index (χ1n) is 13.0. The largest absolute Gasteiger partial charge is 0.481 e. The number of carboxylic acid groups (broad SMARTS) is 1. The fourth-order valence-electron chi connectivity index (χ4n) is 4.93. The summed E-state index contributed by atoms with van der Waals surface area (Å²) in [4.78, 5) is 23.5. The summed E-state index contributed by atoms with van der Waals surface area (Å²) in [6, 6.07) is 0. The van der Waals surface area contributed by atoms with Crippen LogP contribution < -0.4 is 0 Å².